The number of nitrogens with one attached hydrogen (secondary N) is 2. The lowest BCUT2D eigenvalue weighted by Crippen LogP contribution is -2.16. The molecule has 2 N–H and O–H groups in total. The average molecular weight is 350 g/mol. The van der Waals surface area contributed by atoms with Gasteiger partial charge in [0.15, 0.2) is 0 Å². The van der Waals surface area contributed by atoms with Crippen LogP contribution in [0.2, 0.25) is 0 Å². The van der Waals surface area contributed by atoms with Crippen molar-refractivity contribution in [3.8, 4) is 22.1 Å². The first-order valence-electron chi connectivity index (χ1n) is 7.57. The molecule has 0 bridgehead atoms. The molecule has 0 saturated carbocycles. The Morgan fingerprint density at radius 2 is 2.04 bits per heavy atom. The molecule has 0 aliphatic heterocycles. The van der Waals surface area contributed by atoms with Crippen LogP contribution in [0.15, 0.2) is 53.3 Å². The van der Waals surface area contributed by atoms with Gasteiger partial charge >= 0.3 is 0 Å². The number of aromatic nitrogens is 3. The quantitative estimate of drug-likeness (QED) is 0.553. The summed E-state index contributed by atoms with van der Waals surface area (Å²) >= 11 is 1.39. The minimum atomic E-state index is -0.292. The first-order chi connectivity index (χ1) is 12.2. The van der Waals surface area contributed by atoms with Crippen molar-refractivity contribution in [2.75, 3.05) is 7.11 Å². The van der Waals surface area contributed by atoms with E-state index in [1.165, 1.54) is 16.0 Å². The summed E-state index contributed by atoms with van der Waals surface area (Å²) in [5.74, 6) is 0.742. The van der Waals surface area contributed by atoms with Crippen LogP contribution in [0.25, 0.3) is 26.6 Å². The highest BCUT2D eigenvalue weighted by Crippen LogP contribution is 2.28. The Labute approximate surface area is 146 Å². The minimum absolute atomic E-state index is 0.292. The van der Waals surface area contributed by atoms with Gasteiger partial charge in [-0.3, -0.25) is 9.89 Å². The maximum atomic E-state index is 12.7. The van der Waals surface area contributed by atoms with Crippen molar-refractivity contribution in [1.82, 2.24) is 14.8 Å². The van der Waals surface area contributed by atoms with E-state index in [9.17, 15) is 4.79 Å². The Kier molecular flexibility index (Phi) is 3.70. The highest BCUT2D eigenvalue weighted by Gasteiger charge is 2.17. The Morgan fingerprint density at radius 1 is 1.24 bits per heavy atom. The smallest absolute Gasteiger partial charge is 0.282 e. The molecule has 0 atom stereocenters. The number of methoxy groups -OCH3 is 1. The largest absolute Gasteiger partial charge is 0.497 e. The van der Waals surface area contributed by atoms with E-state index in [1.807, 2.05) is 48.5 Å². The van der Waals surface area contributed by atoms with Crippen molar-refractivity contribution in [3.05, 3.63) is 64.4 Å². The molecule has 0 radical (unpaired) electrons. The van der Waals surface area contributed by atoms with Crippen LogP contribution in [0.3, 0.4) is 0 Å². The van der Waals surface area contributed by atoms with E-state index < -0.39 is 0 Å². The van der Waals surface area contributed by atoms with Gasteiger partial charge in [0.25, 0.3) is 5.56 Å². The van der Waals surface area contributed by atoms with Crippen molar-refractivity contribution < 1.29 is 4.74 Å². The number of aromatic amines is 1. The maximum absolute atomic E-state index is 12.7. The van der Waals surface area contributed by atoms with Crippen LogP contribution in [0.5, 0.6) is 5.75 Å². The van der Waals surface area contributed by atoms with Crippen LogP contribution in [-0.2, 0) is 0 Å². The summed E-state index contributed by atoms with van der Waals surface area (Å²) in [6.07, 6.45) is 1.08. The van der Waals surface area contributed by atoms with Gasteiger partial charge in [-0.1, -0.05) is 41.7 Å². The zero-order valence-corrected chi connectivity index (χ0v) is 14.1. The third-order valence-electron chi connectivity index (χ3n) is 3.91. The van der Waals surface area contributed by atoms with Gasteiger partial charge in [-0.2, -0.15) is 4.68 Å². The van der Waals surface area contributed by atoms with E-state index in [0.29, 0.717) is 16.4 Å². The number of rotatable bonds is 4. The van der Waals surface area contributed by atoms with Gasteiger partial charge < -0.3 is 10.1 Å². The molecule has 6 nitrogen and oxygen atoms in total. The fraction of sp³-hybridized carbons (Fsp3) is 0.0556. The van der Waals surface area contributed by atoms with Crippen LogP contribution in [0.1, 0.15) is 5.56 Å². The Bertz CT molecular complexity index is 1130. The zero-order valence-electron chi connectivity index (χ0n) is 13.3. The Morgan fingerprint density at radius 3 is 2.76 bits per heavy atom. The topological polar surface area (TPSA) is 83.8 Å². The molecule has 2 heterocycles. The lowest BCUT2D eigenvalue weighted by Gasteiger charge is -1.98. The van der Waals surface area contributed by atoms with Crippen LogP contribution < -0.4 is 10.3 Å². The van der Waals surface area contributed by atoms with E-state index >= 15 is 0 Å². The first kappa shape index (κ1) is 15.3. The second-order valence-electron chi connectivity index (χ2n) is 5.38. The molecule has 25 heavy (non-hydrogen) atoms. The summed E-state index contributed by atoms with van der Waals surface area (Å²) in [5, 5.41) is 11.2. The van der Waals surface area contributed by atoms with E-state index in [2.05, 4.69) is 10.1 Å². The molecule has 0 aliphatic carbocycles. The van der Waals surface area contributed by atoms with Crippen LogP contribution in [0, 0.1) is 5.41 Å². The minimum Gasteiger partial charge on any atom is -0.497 e. The van der Waals surface area contributed by atoms with E-state index in [4.69, 9.17) is 10.1 Å². The molecule has 4 aromatic rings. The van der Waals surface area contributed by atoms with Crippen molar-refractivity contribution >= 4 is 27.8 Å². The van der Waals surface area contributed by atoms with E-state index in [0.717, 1.165) is 27.7 Å². The third-order valence-corrected chi connectivity index (χ3v) is 4.91. The predicted molar refractivity (Wildman–Crippen MR) is 99.4 cm³/mol. The van der Waals surface area contributed by atoms with Gasteiger partial charge in [-0.05, 0) is 18.2 Å². The second-order valence-corrected chi connectivity index (χ2v) is 6.39. The maximum Gasteiger partial charge on any atom is 0.282 e. The predicted octanol–water partition coefficient (Wildman–Crippen LogP) is 3.45. The Hall–Kier alpha value is -3.19. The summed E-state index contributed by atoms with van der Waals surface area (Å²) in [5.41, 5.74) is 2.26. The van der Waals surface area contributed by atoms with Crippen molar-refractivity contribution in [2.45, 2.75) is 0 Å². The van der Waals surface area contributed by atoms with Crippen molar-refractivity contribution in [1.29, 1.82) is 5.41 Å². The van der Waals surface area contributed by atoms with Gasteiger partial charge in [0.05, 0.1) is 28.6 Å². The van der Waals surface area contributed by atoms with Gasteiger partial charge in [-0.25, -0.2) is 4.98 Å². The molecule has 124 valence electrons. The standard InChI is InChI=1S/C18H14N4O2S/c1-24-12-7-8-14-15(9-12)25-18(20-14)22-17(23)13(10-19)16(21-22)11-5-3-2-4-6-11/h2-10,19,21H,1H3. The van der Waals surface area contributed by atoms with Gasteiger partial charge in [0, 0.05) is 11.8 Å². The summed E-state index contributed by atoms with van der Waals surface area (Å²) in [6, 6.07) is 15.1. The monoisotopic (exact) mass is 350 g/mol. The summed E-state index contributed by atoms with van der Waals surface area (Å²) in [4.78, 5) is 17.2. The molecule has 0 amide bonds. The first-order valence-corrected chi connectivity index (χ1v) is 8.39. The SMILES string of the molecule is COc1ccc2nc(-n3[nH]c(-c4ccccc4)c(C=N)c3=O)sc2c1. The molecular formula is C18H14N4O2S. The Balaban J connectivity index is 1.90. The van der Waals surface area contributed by atoms with E-state index in [-0.39, 0.29) is 5.56 Å². The third kappa shape index (κ3) is 2.54. The molecule has 2 aromatic carbocycles. The van der Waals surface area contributed by atoms with Crippen molar-refractivity contribution in [3.63, 3.8) is 0 Å². The molecular weight excluding hydrogens is 336 g/mol. The average Bonchev–Trinajstić information content (AvgIpc) is 3.22. The van der Waals surface area contributed by atoms with E-state index in [1.54, 1.807) is 7.11 Å². The number of ether oxygens (including phenoxy) is 1. The molecule has 4 rings (SSSR count). The summed E-state index contributed by atoms with van der Waals surface area (Å²) in [7, 11) is 1.61. The number of H-pyrrole nitrogens is 1. The second kappa shape index (κ2) is 6.03. The van der Waals surface area contributed by atoms with Gasteiger partial charge in [0.2, 0.25) is 5.13 Å². The number of hydrogen-bond donors (Lipinski definition) is 2. The zero-order chi connectivity index (χ0) is 17.4. The lowest BCUT2D eigenvalue weighted by molar-refractivity contribution is 0.415. The van der Waals surface area contributed by atoms with Crippen LogP contribution in [-0.4, -0.2) is 28.1 Å². The number of benzene rings is 2. The number of hydrogen-bond acceptors (Lipinski definition) is 5. The fourth-order valence-corrected chi connectivity index (χ4v) is 3.61. The number of fused-ring (bicyclic) bond motifs is 1. The molecule has 0 fully saturated rings. The van der Waals surface area contributed by atoms with Gasteiger partial charge in [-0.15, -0.1) is 0 Å². The van der Waals surface area contributed by atoms with Crippen LogP contribution >= 0.6 is 11.3 Å². The fourth-order valence-electron chi connectivity index (χ4n) is 2.66. The molecule has 2 aromatic heterocycles. The van der Waals surface area contributed by atoms with Crippen molar-refractivity contribution in [2.24, 2.45) is 0 Å². The van der Waals surface area contributed by atoms with Gasteiger partial charge in [0.1, 0.15) is 5.75 Å². The molecule has 0 spiro atoms. The molecule has 0 aliphatic rings. The lowest BCUT2D eigenvalue weighted by atomic mass is 10.1. The molecule has 7 heteroatoms. The molecule has 0 unspecified atom stereocenters. The number of thiazole rings is 1. The molecule has 0 saturated heterocycles. The van der Waals surface area contributed by atoms with Crippen LogP contribution in [0.4, 0.5) is 0 Å². The normalized spacial score (nSPS) is 10.9. The summed E-state index contributed by atoms with van der Waals surface area (Å²) in [6.45, 7) is 0. The number of nitrogens with zero attached hydrogens (tertiary/aromatic N) is 2. The highest BCUT2D eigenvalue weighted by atomic mass is 32.1. The highest BCUT2D eigenvalue weighted by molar-refractivity contribution is 7.20. The summed E-state index contributed by atoms with van der Waals surface area (Å²) < 4.78 is 7.55.